The van der Waals surface area contributed by atoms with Crippen molar-refractivity contribution in [1.82, 2.24) is 24.4 Å². The van der Waals surface area contributed by atoms with Crippen molar-refractivity contribution in [3.8, 4) is 0 Å². The summed E-state index contributed by atoms with van der Waals surface area (Å²) in [6, 6.07) is 8.07. The van der Waals surface area contributed by atoms with Crippen LogP contribution in [-0.2, 0) is 4.74 Å². The highest BCUT2D eigenvalue weighted by Gasteiger charge is 2.20. The lowest BCUT2D eigenvalue weighted by atomic mass is 10.2. The lowest BCUT2D eigenvalue weighted by Crippen LogP contribution is -2.07. The van der Waals surface area contributed by atoms with E-state index in [2.05, 4.69) is 29.4 Å². The van der Waals surface area contributed by atoms with Crippen molar-refractivity contribution in [3.05, 3.63) is 47.4 Å². The van der Waals surface area contributed by atoms with Crippen LogP contribution < -0.4 is 5.32 Å². The molecule has 3 aromatic heterocycles. The van der Waals surface area contributed by atoms with Gasteiger partial charge in [0.15, 0.2) is 5.65 Å². The lowest BCUT2D eigenvalue weighted by Gasteiger charge is -2.12. The quantitative estimate of drug-likeness (QED) is 0.512. The summed E-state index contributed by atoms with van der Waals surface area (Å²) in [6.07, 6.45) is 1.50. The van der Waals surface area contributed by atoms with E-state index < -0.39 is 5.97 Å². The molecule has 0 spiro atoms. The van der Waals surface area contributed by atoms with Crippen molar-refractivity contribution in [2.45, 2.75) is 40.7 Å². The normalized spacial score (nSPS) is 11.5. The summed E-state index contributed by atoms with van der Waals surface area (Å²) in [6.45, 7) is 10.3. The zero-order valence-electron chi connectivity index (χ0n) is 17.2. The Morgan fingerprint density at radius 1 is 1.24 bits per heavy atom. The standard InChI is InChI=1S/C21H24N6O2/c1-6-29-21(28)16-11-22-27-17-10-8-7-9-15(17)19(24-20(16)27)23-18-13(4)25-26(12(2)3)14(18)5/h7-12H,6H2,1-5H3,(H,23,24). The topological polar surface area (TPSA) is 86.3 Å². The molecule has 8 heteroatoms. The van der Waals surface area contributed by atoms with E-state index in [1.54, 1.807) is 11.4 Å². The number of anilines is 2. The Kier molecular flexibility index (Phi) is 4.70. The summed E-state index contributed by atoms with van der Waals surface area (Å²) in [4.78, 5) is 17.1. The molecule has 0 saturated carbocycles. The number of benzene rings is 1. The average Bonchev–Trinajstić information content (AvgIpc) is 3.24. The van der Waals surface area contributed by atoms with Gasteiger partial charge in [0, 0.05) is 11.4 Å². The highest BCUT2D eigenvalue weighted by Crippen LogP contribution is 2.30. The fraction of sp³-hybridized carbons (Fsp3) is 0.333. The third kappa shape index (κ3) is 3.10. The predicted molar refractivity (Wildman–Crippen MR) is 112 cm³/mol. The maximum absolute atomic E-state index is 12.4. The number of hydrogen-bond acceptors (Lipinski definition) is 6. The number of nitrogens with zero attached hydrogens (tertiary/aromatic N) is 5. The summed E-state index contributed by atoms with van der Waals surface area (Å²) < 4.78 is 8.82. The number of carbonyl (C=O) groups excluding carboxylic acids is 1. The lowest BCUT2D eigenvalue weighted by molar-refractivity contribution is 0.0528. The number of hydrogen-bond donors (Lipinski definition) is 1. The SMILES string of the molecule is CCOC(=O)c1cnn2c1nc(Nc1c(C)nn(C(C)C)c1C)c1ccccc12. The van der Waals surface area contributed by atoms with E-state index in [1.165, 1.54) is 6.20 Å². The van der Waals surface area contributed by atoms with Crippen LogP contribution in [0.2, 0.25) is 0 Å². The van der Waals surface area contributed by atoms with Crippen molar-refractivity contribution in [2.24, 2.45) is 0 Å². The number of carbonyl (C=O) groups is 1. The van der Waals surface area contributed by atoms with Crippen molar-refractivity contribution >= 4 is 34.0 Å². The second-order valence-corrected chi connectivity index (χ2v) is 7.20. The van der Waals surface area contributed by atoms with Gasteiger partial charge >= 0.3 is 5.97 Å². The van der Waals surface area contributed by atoms with E-state index in [1.807, 2.05) is 42.8 Å². The van der Waals surface area contributed by atoms with Gasteiger partial charge in [-0.25, -0.2) is 14.3 Å². The number of nitrogens with one attached hydrogen (secondary N) is 1. The Bertz CT molecular complexity index is 1220. The minimum absolute atomic E-state index is 0.252. The van der Waals surface area contributed by atoms with Gasteiger partial charge < -0.3 is 10.1 Å². The fourth-order valence-electron chi connectivity index (χ4n) is 3.56. The van der Waals surface area contributed by atoms with Gasteiger partial charge in [-0.1, -0.05) is 12.1 Å². The first-order valence-electron chi connectivity index (χ1n) is 9.68. The highest BCUT2D eigenvalue weighted by molar-refractivity contribution is 6.00. The summed E-state index contributed by atoms with van der Waals surface area (Å²) >= 11 is 0. The highest BCUT2D eigenvalue weighted by atomic mass is 16.5. The zero-order chi connectivity index (χ0) is 20.7. The van der Waals surface area contributed by atoms with E-state index in [9.17, 15) is 4.79 Å². The summed E-state index contributed by atoms with van der Waals surface area (Å²) in [5, 5.41) is 13.4. The molecule has 1 aromatic carbocycles. The molecule has 0 unspecified atom stereocenters. The molecule has 0 bridgehead atoms. The van der Waals surface area contributed by atoms with E-state index in [0.29, 0.717) is 23.6 Å². The molecule has 0 aliphatic heterocycles. The fourth-order valence-corrected chi connectivity index (χ4v) is 3.56. The largest absolute Gasteiger partial charge is 0.462 e. The number of aryl methyl sites for hydroxylation is 1. The van der Waals surface area contributed by atoms with E-state index in [0.717, 1.165) is 28.0 Å². The summed E-state index contributed by atoms with van der Waals surface area (Å²) in [5.41, 5.74) is 4.48. The molecule has 3 heterocycles. The van der Waals surface area contributed by atoms with Gasteiger partial charge in [-0.15, -0.1) is 0 Å². The van der Waals surface area contributed by atoms with Gasteiger partial charge in [-0.05, 0) is 46.8 Å². The Balaban J connectivity index is 1.92. The molecular weight excluding hydrogens is 368 g/mol. The van der Waals surface area contributed by atoms with E-state index in [4.69, 9.17) is 9.72 Å². The number of fused-ring (bicyclic) bond motifs is 3. The van der Waals surface area contributed by atoms with Gasteiger partial charge in [-0.2, -0.15) is 10.2 Å². The maximum Gasteiger partial charge on any atom is 0.343 e. The van der Waals surface area contributed by atoms with Gasteiger partial charge in [-0.3, -0.25) is 4.68 Å². The van der Waals surface area contributed by atoms with Gasteiger partial charge in [0.2, 0.25) is 0 Å². The van der Waals surface area contributed by atoms with Crippen molar-refractivity contribution in [3.63, 3.8) is 0 Å². The molecule has 0 atom stereocenters. The van der Waals surface area contributed by atoms with E-state index in [-0.39, 0.29) is 6.04 Å². The summed E-state index contributed by atoms with van der Waals surface area (Å²) in [7, 11) is 0. The minimum Gasteiger partial charge on any atom is -0.462 e. The molecule has 4 aromatic rings. The predicted octanol–water partition coefficient (Wildman–Crippen LogP) is 4.20. The summed E-state index contributed by atoms with van der Waals surface area (Å²) in [5.74, 6) is 0.213. The number of para-hydroxylation sites is 1. The van der Waals surface area contributed by atoms with Crippen molar-refractivity contribution in [1.29, 1.82) is 0 Å². The maximum atomic E-state index is 12.4. The van der Waals surface area contributed by atoms with Gasteiger partial charge in [0.25, 0.3) is 0 Å². The first kappa shape index (κ1) is 18.9. The molecule has 0 radical (unpaired) electrons. The van der Waals surface area contributed by atoms with Crippen LogP contribution in [0.25, 0.3) is 16.6 Å². The number of aromatic nitrogens is 5. The first-order valence-corrected chi connectivity index (χ1v) is 9.68. The molecule has 150 valence electrons. The van der Waals surface area contributed by atoms with Crippen LogP contribution in [-0.4, -0.2) is 37.0 Å². The van der Waals surface area contributed by atoms with Crippen LogP contribution in [0.3, 0.4) is 0 Å². The molecule has 1 N–H and O–H groups in total. The Morgan fingerprint density at radius 2 is 2.00 bits per heavy atom. The molecule has 4 rings (SSSR count). The molecule has 0 aliphatic rings. The molecule has 8 nitrogen and oxygen atoms in total. The second kappa shape index (κ2) is 7.20. The van der Waals surface area contributed by atoms with Gasteiger partial charge in [0.05, 0.1) is 35.4 Å². The van der Waals surface area contributed by atoms with Crippen LogP contribution in [0.4, 0.5) is 11.5 Å². The van der Waals surface area contributed by atoms with Crippen LogP contribution in [0.15, 0.2) is 30.5 Å². The number of rotatable bonds is 5. The second-order valence-electron chi connectivity index (χ2n) is 7.20. The zero-order valence-corrected chi connectivity index (χ0v) is 17.2. The molecule has 0 amide bonds. The Morgan fingerprint density at radius 3 is 2.69 bits per heavy atom. The van der Waals surface area contributed by atoms with Crippen LogP contribution in [0, 0.1) is 13.8 Å². The van der Waals surface area contributed by atoms with Crippen LogP contribution >= 0.6 is 0 Å². The van der Waals surface area contributed by atoms with E-state index >= 15 is 0 Å². The van der Waals surface area contributed by atoms with Crippen molar-refractivity contribution < 1.29 is 9.53 Å². The van der Waals surface area contributed by atoms with Crippen molar-refractivity contribution in [2.75, 3.05) is 11.9 Å². The minimum atomic E-state index is -0.434. The van der Waals surface area contributed by atoms with Crippen LogP contribution in [0.5, 0.6) is 0 Å². The third-order valence-electron chi connectivity index (χ3n) is 4.90. The average molecular weight is 392 g/mol. The molecule has 0 fully saturated rings. The Labute approximate surface area is 168 Å². The number of ether oxygens (including phenoxy) is 1. The monoisotopic (exact) mass is 392 g/mol. The molecule has 0 saturated heterocycles. The first-order chi connectivity index (χ1) is 13.9. The number of esters is 1. The molecule has 0 aliphatic carbocycles. The third-order valence-corrected chi connectivity index (χ3v) is 4.90. The molecule has 29 heavy (non-hydrogen) atoms. The smallest absolute Gasteiger partial charge is 0.343 e. The van der Waals surface area contributed by atoms with Gasteiger partial charge in [0.1, 0.15) is 11.4 Å². The Hall–Kier alpha value is -3.42. The van der Waals surface area contributed by atoms with Crippen LogP contribution in [0.1, 0.15) is 48.6 Å². The molecular formula is C21H24N6O2.